The van der Waals surface area contributed by atoms with Gasteiger partial charge in [0.25, 0.3) is 0 Å². The third-order valence-electron chi connectivity index (χ3n) is 6.49. The van der Waals surface area contributed by atoms with Gasteiger partial charge in [-0.25, -0.2) is 4.79 Å². The number of carbonyl (C=O) groups is 1. The SMILES string of the molecule is O=C1OC2(CCN(C(=S)Nc3ccccc3)CC2)CN1Cc1ccccc1-c1ccccc1. The van der Waals surface area contributed by atoms with Gasteiger partial charge in [0, 0.05) is 38.2 Å². The molecule has 0 aromatic heterocycles. The molecule has 0 atom stereocenters. The van der Waals surface area contributed by atoms with Gasteiger partial charge in [0.2, 0.25) is 0 Å². The Morgan fingerprint density at radius 1 is 0.909 bits per heavy atom. The molecule has 0 aliphatic carbocycles. The van der Waals surface area contributed by atoms with E-state index in [1.165, 1.54) is 0 Å². The molecule has 0 saturated carbocycles. The fraction of sp³-hybridized carbons (Fsp3) is 0.259. The quantitative estimate of drug-likeness (QED) is 0.522. The Balaban J connectivity index is 1.23. The maximum Gasteiger partial charge on any atom is 0.410 e. The number of hydrogen-bond donors (Lipinski definition) is 1. The van der Waals surface area contributed by atoms with Crippen molar-refractivity contribution in [2.24, 2.45) is 0 Å². The molecule has 0 unspecified atom stereocenters. The van der Waals surface area contributed by atoms with Crippen molar-refractivity contribution in [1.29, 1.82) is 0 Å². The first-order chi connectivity index (χ1) is 16.1. The van der Waals surface area contributed by atoms with Crippen molar-refractivity contribution in [3.05, 3.63) is 90.5 Å². The number of benzene rings is 3. The van der Waals surface area contributed by atoms with E-state index in [0.29, 0.717) is 18.2 Å². The van der Waals surface area contributed by atoms with Crippen LogP contribution in [0.4, 0.5) is 10.5 Å². The number of thiocarbonyl (C=S) groups is 1. The summed E-state index contributed by atoms with van der Waals surface area (Å²) in [6, 6.07) is 28.5. The molecule has 2 saturated heterocycles. The molecule has 168 valence electrons. The molecule has 2 aliphatic heterocycles. The van der Waals surface area contributed by atoms with Crippen LogP contribution >= 0.6 is 12.2 Å². The molecule has 2 fully saturated rings. The highest BCUT2D eigenvalue weighted by atomic mass is 32.1. The van der Waals surface area contributed by atoms with Crippen LogP contribution in [0.3, 0.4) is 0 Å². The molecule has 2 aliphatic rings. The second kappa shape index (κ2) is 9.24. The van der Waals surface area contributed by atoms with Crippen LogP contribution in [0.1, 0.15) is 18.4 Å². The van der Waals surface area contributed by atoms with Crippen LogP contribution in [0.15, 0.2) is 84.9 Å². The smallest absolute Gasteiger partial charge is 0.410 e. The third kappa shape index (κ3) is 4.71. The number of nitrogens with one attached hydrogen (secondary N) is 1. The number of likely N-dealkylation sites (tertiary alicyclic amines) is 1. The summed E-state index contributed by atoms with van der Waals surface area (Å²) >= 11 is 5.61. The largest absolute Gasteiger partial charge is 0.441 e. The van der Waals surface area contributed by atoms with E-state index in [1.807, 2.05) is 65.6 Å². The average Bonchev–Trinajstić information content (AvgIpc) is 3.15. The van der Waals surface area contributed by atoms with Crippen LogP contribution in [0.5, 0.6) is 0 Å². The lowest BCUT2D eigenvalue weighted by molar-refractivity contribution is 0.0152. The highest BCUT2D eigenvalue weighted by molar-refractivity contribution is 7.80. The van der Waals surface area contributed by atoms with Crippen molar-refractivity contribution < 1.29 is 9.53 Å². The Bertz CT molecular complexity index is 1130. The van der Waals surface area contributed by atoms with E-state index in [2.05, 4.69) is 34.5 Å². The highest BCUT2D eigenvalue weighted by Crippen LogP contribution is 2.35. The standard InChI is InChI=1S/C27H27N3O2S/c31-26-30(19-22-11-7-8-14-24(22)21-9-3-1-4-10-21)20-27(32-26)15-17-29(18-16-27)25(33)28-23-12-5-2-6-13-23/h1-14H,15-20H2,(H,28,33). The Hall–Kier alpha value is -3.38. The van der Waals surface area contributed by atoms with Crippen molar-refractivity contribution in [2.75, 3.05) is 25.0 Å². The molecule has 6 heteroatoms. The van der Waals surface area contributed by atoms with Gasteiger partial charge in [-0.2, -0.15) is 0 Å². The summed E-state index contributed by atoms with van der Waals surface area (Å²) in [4.78, 5) is 16.8. The number of rotatable bonds is 4. The van der Waals surface area contributed by atoms with Crippen molar-refractivity contribution in [1.82, 2.24) is 9.80 Å². The Morgan fingerprint density at radius 3 is 2.27 bits per heavy atom. The molecule has 0 bridgehead atoms. The van der Waals surface area contributed by atoms with Crippen LogP contribution in [0.25, 0.3) is 11.1 Å². The first-order valence-corrected chi connectivity index (χ1v) is 11.7. The van der Waals surface area contributed by atoms with E-state index < -0.39 is 5.60 Å². The number of para-hydroxylation sites is 1. The van der Waals surface area contributed by atoms with E-state index in [9.17, 15) is 4.79 Å². The first kappa shape index (κ1) is 21.5. The Kier molecular flexibility index (Phi) is 6.01. The molecule has 33 heavy (non-hydrogen) atoms. The fourth-order valence-corrected chi connectivity index (χ4v) is 4.98. The Morgan fingerprint density at radius 2 is 1.55 bits per heavy atom. The predicted octanol–water partition coefficient (Wildman–Crippen LogP) is 5.54. The number of amides is 1. The van der Waals surface area contributed by atoms with Crippen molar-refractivity contribution in [3.8, 4) is 11.1 Å². The van der Waals surface area contributed by atoms with Gasteiger partial charge in [-0.3, -0.25) is 4.90 Å². The van der Waals surface area contributed by atoms with Gasteiger partial charge < -0.3 is 15.0 Å². The van der Waals surface area contributed by atoms with Gasteiger partial charge >= 0.3 is 6.09 Å². The van der Waals surface area contributed by atoms with Crippen molar-refractivity contribution in [2.45, 2.75) is 25.0 Å². The monoisotopic (exact) mass is 457 g/mol. The minimum Gasteiger partial charge on any atom is -0.441 e. The van der Waals surface area contributed by atoms with Crippen LogP contribution in [-0.4, -0.2) is 46.2 Å². The number of carbonyl (C=O) groups excluding carboxylic acids is 1. The van der Waals surface area contributed by atoms with Crippen LogP contribution < -0.4 is 5.32 Å². The molecule has 5 rings (SSSR count). The van der Waals surface area contributed by atoms with Crippen LogP contribution in [0.2, 0.25) is 0 Å². The van der Waals surface area contributed by atoms with Gasteiger partial charge in [0.05, 0.1) is 6.54 Å². The summed E-state index contributed by atoms with van der Waals surface area (Å²) < 4.78 is 5.96. The fourth-order valence-electron chi connectivity index (χ4n) is 4.68. The lowest BCUT2D eigenvalue weighted by Crippen LogP contribution is -2.49. The van der Waals surface area contributed by atoms with E-state index in [1.54, 1.807) is 0 Å². The van der Waals surface area contributed by atoms with Crippen molar-refractivity contribution >= 4 is 29.1 Å². The van der Waals surface area contributed by atoms with E-state index in [-0.39, 0.29) is 6.09 Å². The summed E-state index contributed by atoms with van der Waals surface area (Å²) in [6.45, 7) is 2.69. The lowest BCUT2D eigenvalue weighted by atomic mass is 9.91. The number of anilines is 1. The summed E-state index contributed by atoms with van der Waals surface area (Å²) in [5, 5.41) is 4.02. The van der Waals surface area contributed by atoms with E-state index in [4.69, 9.17) is 17.0 Å². The molecular weight excluding hydrogens is 430 g/mol. The molecule has 3 aromatic carbocycles. The average molecular weight is 458 g/mol. The summed E-state index contributed by atoms with van der Waals surface area (Å²) in [5.41, 5.74) is 3.99. The lowest BCUT2D eigenvalue weighted by Gasteiger charge is -2.38. The second-order valence-corrected chi connectivity index (χ2v) is 9.10. The third-order valence-corrected chi connectivity index (χ3v) is 6.85. The summed E-state index contributed by atoms with van der Waals surface area (Å²) in [5.74, 6) is 0. The summed E-state index contributed by atoms with van der Waals surface area (Å²) in [6.07, 6.45) is 1.31. The summed E-state index contributed by atoms with van der Waals surface area (Å²) in [7, 11) is 0. The molecule has 2 heterocycles. The zero-order chi connectivity index (χ0) is 22.7. The maximum absolute atomic E-state index is 12.8. The van der Waals surface area contributed by atoms with Crippen LogP contribution in [-0.2, 0) is 11.3 Å². The molecule has 5 nitrogen and oxygen atoms in total. The minimum atomic E-state index is -0.433. The number of nitrogens with zero attached hydrogens (tertiary/aromatic N) is 2. The molecule has 1 spiro atoms. The van der Waals surface area contributed by atoms with Gasteiger partial charge in [-0.1, -0.05) is 72.8 Å². The zero-order valence-corrected chi connectivity index (χ0v) is 19.3. The minimum absolute atomic E-state index is 0.226. The molecule has 3 aromatic rings. The van der Waals surface area contributed by atoms with Gasteiger partial charge in [0.1, 0.15) is 5.60 Å². The van der Waals surface area contributed by atoms with Gasteiger partial charge in [-0.15, -0.1) is 0 Å². The molecule has 0 radical (unpaired) electrons. The number of ether oxygens (including phenoxy) is 1. The molecule has 1 amide bonds. The number of piperidine rings is 1. The van der Waals surface area contributed by atoms with E-state index in [0.717, 1.165) is 48.3 Å². The van der Waals surface area contributed by atoms with Crippen molar-refractivity contribution in [3.63, 3.8) is 0 Å². The molecule has 1 N–H and O–H groups in total. The van der Waals surface area contributed by atoms with Gasteiger partial charge in [-0.05, 0) is 41.0 Å². The maximum atomic E-state index is 12.8. The Labute approximate surface area is 200 Å². The zero-order valence-electron chi connectivity index (χ0n) is 18.4. The predicted molar refractivity (Wildman–Crippen MR) is 135 cm³/mol. The van der Waals surface area contributed by atoms with E-state index >= 15 is 0 Å². The first-order valence-electron chi connectivity index (χ1n) is 11.3. The normalized spacial score (nSPS) is 17.2. The number of hydrogen-bond acceptors (Lipinski definition) is 3. The van der Waals surface area contributed by atoms with Crippen LogP contribution in [0, 0.1) is 0 Å². The highest BCUT2D eigenvalue weighted by Gasteiger charge is 2.47. The molecular formula is C27H27N3O2S. The topological polar surface area (TPSA) is 44.8 Å². The second-order valence-electron chi connectivity index (χ2n) is 8.71. The van der Waals surface area contributed by atoms with Gasteiger partial charge in [0.15, 0.2) is 5.11 Å².